The van der Waals surface area contributed by atoms with E-state index in [0.29, 0.717) is 19.1 Å². The number of ether oxygens (including phenoxy) is 2. The average molecular weight is 328 g/mol. The van der Waals surface area contributed by atoms with Gasteiger partial charge in [-0.3, -0.25) is 4.79 Å². The monoisotopic (exact) mass is 328 g/mol. The summed E-state index contributed by atoms with van der Waals surface area (Å²) in [6, 6.07) is 4.10. The van der Waals surface area contributed by atoms with Gasteiger partial charge in [-0.1, -0.05) is 37.8 Å². The van der Waals surface area contributed by atoms with Gasteiger partial charge in [-0.15, -0.1) is 0 Å². The molecule has 1 aliphatic rings. The number of aryl methyl sites for hydroxylation is 1. The first kappa shape index (κ1) is 18.7. The molecule has 1 fully saturated rings. The topological polar surface area (TPSA) is 35.5 Å². The molecule has 24 heavy (non-hydrogen) atoms. The highest BCUT2D eigenvalue weighted by molar-refractivity contribution is 5.83. The number of unbranched alkanes of at least 4 members (excludes halogenated alkanes) is 2. The van der Waals surface area contributed by atoms with Crippen molar-refractivity contribution in [3.63, 3.8) is 0 Å². The third kappa shape index (κ3) is 4.69. The molecular weight excluding hydrogens is 300 g/mol. The van der Waals surface area contributed by atoms with Crippen LogP contribution in [0, 0.1) is 18.8 Å². The van der Waals surface area contributed by atoms with E-state index < -0.39 is 5.79 Å². The van der Waals surface area contributed by atoms with Gasteiger partial charge in [-0.05, 0) is 43.7 Å². The maximum atomic E-state index is 11.5. The molecule has 0 atom stereocenters. The molecule has 1 aromatic rings. The SMILES string of the molecule is Cc1ccc(C(C)C)c(C=O)c1C#CCCCCC1(C)OCCO1. The van der Waals surface area contributed by atoms with Gasteiger partial charge in [0.15, 0.2) is 12.1 Å². The summed E-state index contributed by atoms with van der Waals surface area (Å²) >= 11 is 0. The molecule has 0 amide bonds. The van der Waals surface area contributed by atoms with Crippen molar-refractivity contribution in [3.05, 3.63) is 34.4 Å². The lowest BCUT2D eigenvalue weighted by atomic mass is 9.91. The minimum Gasteiger partial charge on any atom is -0.348 e. The van der Waals surface area contributed by atoms with E-state index in [2.05, 4.69) is 31.8 Å². The Balaban J connectivity index is 1.95. The normalized spacial score (nSPS) is 16.0. The summed E-state index contributed by atoms with van der Waals surface area (Å²) in [4.78, 5) is 11.5. The summed E-state index contributed by atoms with van der Waals surface area (Å²) < 4.78 is 11.2. The second-order valence-electron chi connectivity index (χ2n) is 6.87. The second kappa shape index (κ2) is 8.46. The molecule has 0 bridgehead atoms. The highest BCUT2D eigenvalue weighted by atomic mass is 16.7. The molecule has 1 heterocycles. The Morgan fingerprint density at radius 1 is 1.25 bits per heavy atom. The zero-order valence-electron chi connectivity index (χ0n) is 15.3. The van der Waals surface area contributed by atoms with Crippen molar-refractivity contribution in [2.75, 3.05) is 13.2 Å². The second-order valence-corrected chi connectivity index (χ2v) is 6.87. The van der Waals surface area contributed by atoms with Crippen molar-refractivity contribution in [2.24, 2.45) is 0 Å². The summed E-state index contributed by atoms with van der Waals surface area (Å²) in [6.45, 7) is 9.59. The van der Waals surface area contributed by atoms with Crippen molar-refractivity contribution < 1.29 is 14.3 Å². The molecule has 1 saturated heterocycles. The van der Waals surface area contributed by atoms with Crippen LogP contribution in [0.3, 0.4) is 0 Å². The summed E-state index contributed by atoms with van der Waals surface area (Å²) in [6.07, 6.45) is 4.70. The Morgan fingerprint density at radius 2 is 1.96 bits per heavy atom. The first-order chi connectivity index (χ1) is 11.5. The zero-order chi connectivity index (χ0) is 17.6. The highest BCUT2D eigenvalue weighted by Gasteiger charge is 2.29. The fourth-order valence-electron chi connectivity index (χ4n) is 3.05. The van der Waals surface area contributed by atoms with Crippen LogP contribution >= 0.6 is 0 Å². The third-order valence-corrected chi connectivity index (χ3v) is 4.52. The van der Waals surface area contributed by atoms with Gasteiger partial charge in [0.05, 0.1) is 13.2 Å². The molecule has 3 nitrogen and oxygen atoms in total. The molecule has 0 radical (unpaired) electrons. The lowest BCUT2D eigenvalue weighted by Gasteiger charge is -2.21. The van der Waals surface area contributed by atoms with E-state index in [-0.39, 0.29) is 0 Å². The minimum absolute atomic E-state index is 0.318. The smallest absolute Gasteiger partial charge is 0.165 e. The number of benzene rings is 1. The van der Waals surface area contributed by atoms with Crippen molar-refractivity contribution >= 4 is 6.29 Å². The summed E-state index contributed by atoms with van der Waals surface area (Å²) in [7, 11) is 0. The number of hydrogen-bond donors (Lipinski definition) is 0. The van der Waals surface area contributed by atoms with Gasteiger partial charge in [0.25, 0.3) is 0 Å². The molecule has 0 aliphatic carbocycles. The van der Waals surface area contributed by atoms with Crippen molar-refractivity contribution in [1.82, 2.24) is 0 Å². The molecule has 130 valence electrons. The maximum Gasteiger partial charge on any atom is 0.165 e. The van der Waals surface area contributed by atoms with E-state index >= 15 is 0 Å². The third-order valence-electron chi connectivity index (χ3n) is 4.52. The number of carbonyl (C=O) groups excluding carboxylic acids is 1. The lowest BCUT2D eigenvalue weighted by molar-refractivity contribution is -0.147. The molecule has 0 spiro atoms. The standard InChI is InChI=1S/C21H28O3/c1-16(2)18-11-10-17(3)19(20(18)15-22)9-7-5-6-8-12-21(4)23-13-14-24-21/h10-11,15-16H,5-6,8,12-14H2,1-4H3. The fourth-order valence-corrected chi connectivity index (χ4v) is 3.05. The fraction of sp³-hybridized carbons (Fsp3) is 0.571. The van der Waals surface area contributed by atoms with E-state index in [1.807, 2.05) is 19.9 Å². The zero-order valence-corrected chi connectivity index (χ0v) is 15.3. The van der Waals surface area contributed by atoms with Gasteiger partial charge >= 0.3 is 0 Å². The molecule has 0 aromatic heterocycles. The van der Waals surface area contributed by atoms with Gasteiger partial charge in [0, 0.05) is 24.0 Å². The Kier molecular flexibility index (Phi) is 6.60. The van der Waals surface area contributed by atoms with Gasteiger partial charge in [-0.25, -0.2) is 0 Å². The first-order valence-corrected chi connectivity index (χ1v) is 8.82. The number of hydrogen-bond acceptors (Lipinski definition) is 3. The van der Waals surface area contributed by atoms with Gasteiger partial charge < -0.3 is 9.47 Å². The van der Waals surface area contributed by atoms with Crippen LogP contribution in [-0.2, 0) is 9.47 Å². The van der Waals surface area contributed by atoms with Gasteiger partial charge in [0.1, 0.15) is 0 Å². The van der Waals surface area contributed by atoms with Crippen LogP contribution in [0.15, 0.2) is 12.1 Å². The lowest BCUT2D eigenvalue weighted by Crippen LogP contribution is -2.24. The van der Waals surface area contributed by atoms with E-state index in [9.17, 15) is 4.79 Å². The number of aldehydes is 1. The van der Waals surface area contributed by atoms with Crippen LogP contribution in [-0.4, -0.2) is 25.3 Å². The maximum absolute atomic E-state index is 11.5. The predicted octanol–water partition coefficient (Wildman–Crippen LogP) is 4.61. The van der Waals surface area contributed by atoms with Gasteiger partial charge in [0.2, 0.25) is 0 Å². The quantitative estimate of drug-likeness (QED) is 0.435. The highest BCUT2D eigenvalue weighted by Crippen LogP contribution is 2.25. The molecule has 1 aliphatic heterocycles. The molecule has 0 saturated carbocycles. The molecule has 0 unspecified atom stereocenters. The number of carbonyl (C=O) groups is 1. The Morgan fingerprint density at radius 3 is 2.58 bits per heavy atom. The largest absolute Gasteiger partial charge is 0.348 e. The summed E-state index contributed by atoms with van der Waals surface area (Å²) in [5.41, 5.74) is 3.76. The Bertz CT molecular complexity index is 628. The number of rotatable bonds is 6. The molecule has 0 N–H and O–H groups in total. The van der Waals surface area contributed by atoms with Crippen molar-refractivity contribution in [3.8, 4) is 11.8 Å². The molecule has 3 heteroatoms. The van der Waals surface area contributed by atoms with Crippen molar-refractivity contribution in [2.45, 2.75) is 65.1 Å². The summed E-state index contributed by atoms with van der Waals surface area (Å²) in [5.74, 6) is 6.37. The van der Waals surface area contributed by atoms with Crippen LogP contribution in [0.25, 0.3) is 0 Å². The Hall–Kier alpha value is -1.63. The molecular formula is C21H28O3. The van der Waals surface area contributed by atoms with E-state index in [1.54, 1.807) is 0 Å². The molecule has 1 aromatic carbocycles. The average Bonchev–Trinajstić information content (AvgIpc) is 2.98. The Labute approximate surface area is 145 Å². The van der Waals surface area contributed by atoms with E-state index in [0.717, 1.165) is 54.2 Å². The van der Waals surface area contributed by atoms with Crippen LogP contribution in [0.4, 0.5) is 0 Å². The first-order valence-electron chi connectivity index (χ1n) is 8.82. The van der Waals surface area contributed by atoms with Crippen LogP contribution in [0.1, 0.15) is 79.4 Å². The summed E-state index contributed by atoms with van der Waals surface area (Å²) in [5, 5.41) is 0. The van der Waals surface area contributed by atoms with Crippen LogP contribution in [0.5, 0.6) is 0 Å². The molecule has 2 rings (SSSR count). The van der Waals surface area contributed by atoms with Crippen LogP contribution in [0.2, 0.25) is 0 Å². The van der Waals surface area contributed by atoms with Crippen molar-refractivity contribution in [1.29, 1.82) is 0 Å². The predicted molar refractivity (Wildman–Crippen MR) is 96.3 cm³/mol. The van der Waals surface area contributed by atoms with E-state index in [4.69, 9.17) is 9.47 Å². The minimum atomic E-state index is -0.402. The van der Waals surface area contributed by atoms with Gasteiger partial charge in [-0.2, -0.15) is 0 Å². The van der Waals surface area contributed by atoms with Crippen LogP contribution < -0.4 is 0 Å². The van der Waals surface area contributed by atoms with E-state index in [1.165, 1.54) is 0 Å².